The third-order valence-electron chi connectivity index (χ3n) is 3.35. The minimum absolute atomic E-state index is 0.398. The molecule has 1 aliphatic carbocycles. The van der Waals surface area contributed by atoms with Crippen LogP contribution in [0.25, 0.3) is 0 Å². The van der Waals surface area contributed by atoms with E-state index in [1.807, 2.05) is 11.4 Å². The van der Waals surface area contributed by atoms with Crippen LogP contribution >= 0.6 is 27.3 Å². The molecule has 1 heterocycles. The predicted molar refractivity (Wildman–Crippen MR) is 71.9 cm³/mol. The van der Waals surface area contributed by atoms with Gasteiger partial charge in [-0.25, -0.2) is 0 Å². The molecule has 88 valence electrons. The van der Waals surface area contributed by atoms with Gasteiger partial charge in [0.2, 0.25) is 0 Å². The molecule has 0 unspecified atom stereocenters. The molecule has 0 radical (unpaired) electrons. The van der Waals surface area contributed by atoms with Crippen LogP contribution in [0, 0.1) is 5.92 Å². The van der Waals surface area contributed by atoms with Crippen LogP contribution in [-0.2, 0) is 11.2 Å². The number of carbonyl (C=O) groups is 1. The Hall–Kier alpha value is -0.150. The number of Topliss-reactive ketones (excluding diaryl/α,β-unsaturated/α-hetero) is 1. The van der Waals surface area contributed by atoms with Gasteiger partial charge in [-0.05, 0) is 39.7 Å². The van der Waals surface area contributed by atoms with E-state index < -0.39 is 0 Å². The van der Waals surface area contributed by atoms with Gasteiger partial charge in [-0.1, -0.05) is 25.7 Å². The van der Waals surface area contributed by atoms with Crippen LogP contribution < -0.4 is 0 Å². The summed E-state index contributed by atoms with van der Waals surface area (Å²) in [6.07, 6.45) is 7.93. The van der Waals surface area contributed by atoms with E-state index in [9.17, 15) is 4.79 Å². The number of carbonyl (C=O) groups excluding carboxylic acids is 1. The zero-order valence-electron chi connectivity index (χ0n) is 9.38. The lowest BCUT2D eigenvalue weighted by molar-refractivity contribution is -0.118. The molecule has 16 heavy (non-hydrogen) atoms. The van der Waals surface area contributed by atoms with Crippen molar-refractivity contribution in [2.75, 3.05) is 0 Å². The van der Waals surface area contributed by atoms with Gasteiger partial charge in [0.25, 0.3) is 0 Å². The first-order valence-corrected chi connectivity index (χ1v) is 7.66. The normalized spacial score (nSPS) is 16.8. The molecular weight excluding hydrogens is 284 g/mol. The molecule has 3 heteroatoms. The second kappa shape index (κ2) is 5.97. The lowest BCUT2D eigenvalue weighted by Gasteiger charge is -2.07. The minimum atomic E-state index is 0.398. The van der Waals surface area contributed by atoms with Gasteiger partial charge < -0.3 is 0 Å². The lowest BCUT2D eigenvalue weighted by atomic mass is 9.99. The van der Waals surface area contributed by atoms with E-state index in [0.717, 1.165) is 23.2 Å². The molecule has 2 rings (SSSR count). The number of hydrogen-bond acceptors (Lipinski definition) is 2. The minimum Gasteiger partial charge on any atom is -0.299 e. The molecule has 0 aromatic carbocycles. The average Bonchev–Trinajstić information content (AvgIpc) is 2.88. The van der Waals surface area contributed by atoms with E-state index in [1.165, 1.54) is 30.6 Å². The molecule has 1 saturated carbocycles. The van der Waals surface area contributed by atoms with E-state index in [0.29, 0.717) is 12.2 Å². The first kappa shape index (κ1) is 12.3. The smallest absolute Gasteiger partial charge is 0.138 e. The van der Waals surface area contributed by atoms with Crippen LogP contribution in [0.1, 0.15) is 43.4 Å². The average molecular weight is 301 g/mol. The molecule has 1 nitrogen and oxygen atoms in total. The fraction of sp³-hybridized carbons (Fsp3) is 0.615. The van der Waals surface area contributed by atoms with Gasteiger partial charge in [-0.3, -0.25) is 4.79 Å². The molecule has 0 atom stereocenters. The summed E-state index contributed by atoms with van der Waals surface area (Å²) in [5, 5.41) is 2.03. The van der Waals surface area contributed by atoms with Gasteiger partial charge >= 0.3 is 0 Å². The van der Waals surface area contributed by atoms with Crippen molar-refractivity contribution in [1.29, 1.82) is 0 Å². The Morgan fingerprint density at radius 2 is 2.19 bits per heavy atom. The first-order valence-electron chi connectivity index (χ1n) is 5.99. The molecule has 0 saturated heterocycles. The van der Waals surface area contributed by atoms with Gasteiger partial charge in [-0.2, -0.15) is 0 Å². The number of halogens is 1. The quantitative estimate of drug-likeness (QED) is 0.777. The fourth-order valence-electron chi connectivity index (χ4n) is 2.38. The van der Waals surface area contributed by atoms with Crippen LogP contribution in [0.2, 0.25) is 0 Å². The fourth-order valence-corrected chi connectivity index (χ4v) is 3.90. The van der Waals surface area contributed by atoms with Crippen molar-refractivity contribution in [2.45, 2.75) is 44.9 Å². The second-order valence-corrected chi connectivity index (χ2v) is 6.45. The first-order chi connectivity index (χ1) is 7.75. The van der Waals surface area contributed by atoms with E-state index in [2.05, 4.69) is 15.9 Å². The van der Waals surface area contributed by atoms with Gasteiger partial charge in [0, 0.05) is 22.2 Å². The molecular formula is C13H17BrOS. The van der Waals surface area contributed by atoms with Crippen LogP contribution in [0.15, 0.2) is 15.9 Å². The predicted octanol–water partition coefficient (Wildman–Crippen LogP) is 4.59. The molecule has 0 N–H and O–H groups in total. The van der Waals surface area contributed by atoms with Crippen molar-refractivity contribution in [1.82, 2.24) is 0 Å². The van der Waals surface area contributed by atoms with Crippen LogP contribution in [0.3, 0.4) is 0 Å². The van der Waals surface area contributed by atoms with Crippen molar-refractivity contribution in [3.05, 3.63) is 20.8 Å². The summed E-state index contributed by atoms with van der Waals surface area (Å²) < 4.78 is 1.09. The van der Waals surface area contributed by atoms with Crippen LogP contribution in [0.4, 0.5) is 0 Å². The Balaban J connectivity index is 1.74. The van der Waals surface area contributed by atoms with E-state index in [4.69, 9.17) is 0 Å². The summed E-state index contributed by atoms with van der Waals surface area (Å²) in [4.78, 5) is 13.0. The maximum Gasteiger partial charge on any atom is 0.138 e. The molecule has 1 aliphatic rings. The largest absolute Gasteiger partial charge is 0.299 e. The highest BCUT2D eigenvalue weighted by Crippen LogP contribution is 2.29. The maximum absolute atomic E-state index is 11.8. The van der Waals surface area contributed by atoms with E-state index in [-0.39, 0.29) is 0 Å². The van der Waals surface area contributed by atoms with Crippen molar-refractivity contribution in [3.63, 3.8) is 0 Å². The zero-order chi connectivity index (χ0) is 11.4. The van der Waals surface area contributed by atoms with Gasteiger partial charge in [-0.15, -0.1) is 11.3 Å². The number of rotatable bonds is 5. The Bertz CT molecular complexity index is 353. The van der Waals surface area contributed by atoms with Gasteiger partial charge in [0.15, 0.2) is 0 Å². The molecule has 0 bridgehead atoms. The standard InChI is InChI=1S/C13H17BrOS/c14-12-7-8-16-13(12)9-11(15)6-5-10-3-1-2-4-10/h7-8,10H,1-6,9H2. The molecule has 0 amide bonds. The SMILES string of the molecule is O=C(CCC1CCCC1)Cc1sccc1Br. The van der Waals surface area contributed by atoms with Crippen molar-refractivity contribution in [2.24, 2.45) is 5.92 Å². The lowest BCUT2D eigenvalue weighted by Crippen LogP contribution is -2.04. The number of hydrogen-bond donors (Lipinski definition) is 0. The van der Waals surface area contributed by atoms with Crippen molar-refractivity contribution >= 4 is 33.0 Å². The van der Waals surface area contributed by atoms with Crippen LogP contribution in [-0.4, -0.2) is 5.78 Å². The maximum atomic E-state index is 11.8. The highest BCUT2D eigenvalue weighted by Gasteiger charge is 2.16. The molecule has 1 aromatic rings. The topological polar surface area (TPSA) is 17.1 Å². The summed E-state index contributed by atoms with van der Waals surface area (Å²) in [6, 6.07) is 2.02. The molecule has 0 aliphatic heterocycles. The van der Waals surface area contributed by atoms with Crippen molar-refractivity contribution < 1.29 is 4.79 Å². The Morgan fingerprint density at radius 1 is 1.44 bits per heavy atom. The summed E-state index contributed by atoms with van der Waals surface area (Å²) in [5.74, 6) is 1.23. The third kappa shape index (κ3) is 3.42. The van der Waals surface area contributed by atoms with E-state index >= 15 is 0 Å². The summed E-state index contributed by atoms with van der Waals surface area (Å²) in [7, 11) is 0. The van der Waals surface area contributed by atoms with Crippen molar-refractivity contribution in [3.8, 4) is 0 Å². The Kier molecular flexibility index (Phi) is 4.59. The number of ketones is 1. The monoisotopic (exact) mass is 300 g/mol. The van der Waals surface area contributed by atoms with E-state index in [1.54, 1.807) is 11.3 Å². The molecule has 1 aromatic heterocycles. The highest BCUT2D eigenvalue weighted by atomic mass is 79.9. The zero-order valence-corrected chi connectivity index (χ0v) is 11.8. The second-order valence-electron chi connectivity index (χ2n) is 4.60. The summed E-state index contributed by atoms with van der Waals surface area (Å²) in [6.45, 7) is 0. The summed E-state index contributed by atoms with van der Waals surface area (Å²) in [5.41, 5.74) is 0. The molecule has 0 spiro atoms. The molecule has 1 fully saturated rings. The third-order valence-corrected chi connectivity index (χ3v) is 5.28. The Morgan fingerprint density at radius 3 is 2.81 bits per heavy atom. The summed E-state index contributed by atoms with van der Waals surface area (Å²) >= 11 is 5.14. The van der Waals surface area contributed by atoms with Gasteiger partial charge in [0.05, 0.1) is 0 Å². The number of thiophene rings is 1. The van der Waals surface area contributed by atoms with Gasteiger partial charge in [0.1, 0.15) is 5.78 Å². The highest BCUT2D eigenvalue weighted by molar-refractivity contribution is 9.10. The van der Waals surface area contributed by atoms with Crippen LogP contribution in [0.5, 0.6) is 0 Å². The Labute approximate surface area is 109 Å².